The van der Waals surface area contributed by atoms with Gasteiger partial charge in [0.1, 0.15) is 6.04 Å². The van der Waals surface area contributed by atoms with Gasteiger partial charge < -0.3 is 20.2 Å². The van der Waals surface area contributed by atoms with Gasteiger partial charge in [-0.05, 0) is 33.4 Å². The van der Waals surface area contributed by atoms with Gasteiger partial charge in [0, 0.05) is 19.1 Å². The van der Waals surface area contributed by atoms with Crippen LogP contribution in [0.5, 0.6) is 0 Å². The molecule has 2 atom stereocenters. The Morgan fingerprint density at radius 1 is 1.47 bits per heavy atom. The van der Waals surface area contributed by atoms with E-state index in [1.807, 2.05) is 21.0 Å². The number of likely N-dealkylation sites (tertiary alicyclic amines) is 1. The summed E-state index contributed by atoms with van der Waals surface area (Å²) in [4.78, 5) is 27.0. The molecule has 1 saturated heterocycles. The third kappa shape index (κ3) is 4.70. The molecule has 0 radical (unpaired) electrons. The highest BCUT2D eigenvalue weighted by Crippen LogP contribution is 2.14. The maximum Gasteiger partial charge on any atom is 0.326 e. The second-order valence-electron chi connectivity index (χ2n) is 5.33. The lowest BCUT2D eigenvalue weighted by atomic mass is 10.1. The summed E-state index contributed by atoms with van der Waals surface area (Å²) in [5.74, 6) is -0.962. The number of carbonyl (C=O) groups is 2. The molecule has 0 aromatic carbocycles. The normalized spacial score (nSPS) is 21.3. The third-order valence-corrected chi connectivity index (χ3v) is 3.59. The molecule has 110 valence electrons. The Balaban J connectivity index is 2.54. The molecule has 0 spiro atoms. The highest BCUT2D eigenvalue weighted by atomic mass is 16.4. The number of piperidine rings is 1. The molecule has 2 N–H and O–H groups in total. The van der Waals surface area contributed by atoms with E-state index in [0.29, 0.717) is 25.6 Å². The van der Waals surface area contributed by atoms with Crippen LogP contribution in [0.25, 0.3) is 0 Å². The van der Waals surface area contributed by atoms with Crippen molar-refractivity contribution in [3.8, 4) is 0 Å². The molecule has 19 heavy (non-hydrogen) atoms. The van der Waals surface area contributed by atoms with Crippen LogP contribution in [-0.2, 0) is 4.79 Å². The first-order chi connectivity index (χ1) is 8.95. The Hall–Kier alpha value is -1.30. The van der Waals surface area contributed by atoms with Gasteiger partial charge in [0.25, 0.3) is 0 Å². The first-order valence-corrected chi connectivity index (χ1v) is 6.90. The Morgan fingerprint density at radius 3 is 2.68 bits per heavy atom. The van der Waals surface area contributed by atoms with E-state index in [9.17, 15) is 9.59 Å². The van der Waals surface area contributed by atoms with E-state index in [0.717, 1.165) is 19.3 Å². The first kappa shape index (κ1) is 15.8. The molecular weight excluding hydrogens is 246 g/mol. The monoisotopic (exact) mass is 271 g/mol. The van der Waals surface area contributed by atoms with Crippen LogP contribution in [0.3, 0.4) is 0 Å². The zero-order chi connectivity index (χ0) is 14.4. The van der Waals surface area contributed by atoms with E-state index in [-0.39, 0.29) is 6.03 Å². The molecule has 0 aromatic heterocycles. The number of carbonyl (C=O) groups excluding carboxylic acids is 1. The number of amides is 2. The van der Waals surface area contributed by atoms with Gasteiger partial charge in [-0.2, -0.15) is 0 Å². The van der Waals surface area contributed by atoms with Crippen LogP contribution in [0.4, 0.5) is 4.79 Å². The zero-order valence-electron chi connectivity index (χ0n) is 12.1. The highest BCUT2D eigenvalue weighted by molar-refractivity contribution is 5.82. The van der Waals surface area contributed by atoms with Crippen molar-refractivity contribution in [2.45, 2.75) is 44.7 Å². The van der Waals surface area contributed by atoms with Gasteiger partial charge in [0.2, 0.25) is 0 Å². The maximum absolute atomic E-state index is 12.1. The number of carboxylic acids is 1. The number of carboxylic acid groups (broad SMARTS) is 1. The van der Waals surface area contributed by atoms with Gasteiger partial charge in [-0.25, -0.2) is 9.59 Å². The smallest absolute Gasteiger partial charge is 0.326 e. The molecule has 1 fully saturated rings. The average Bonchev–Trinajstić information content (AvgIpc) is 2.38. The van der Waals surface area contributed by atoms with Gasteiger partial charge in [-0.3, -0.25) is 0 Å². The Morgan fingerprint density at radius 2 is 2.16 bits per heavy atom. The third-order valence-electron chi connectivity index (χ3n) is 3.59. The van der Waals surface area contributed by atoms with Crippen LogP contribution in [0.2, 0.25) is 0 Å². The molecule has 0 saturated carbocycles. The molecule has 1 heterocycles. The number of aliphatic carboxylic acids is 1. The Labute approximate surface area is 114 Å². The lowest BCUT2D eigenvalue weighted by Crippen LogP contribution is -2.53. The van der Waals surface area contributed by atoms with E-state index < -0.39 is 12.0 Å². The number of urea groups is 1. The Bertz CT molecular complexity index is 320. The molecular formula is C13H25N3O3. The summed E-state index contributed by atoms with van der Waals surface area (Å²) in [7, 11) is 4.01. The van der Waals surface area contributed by atoms with Crippen molar-refractivity contribution in [2.24, 2.45) is 0 Å². The topological polar surface area (TPSA) is 72.9 Å². The van der Waals surface area contributed by atoms with Crippen LogP contribution in [0.1, 0.15) is 32.6 Å². The largest absolute Gasteiger partial charge is 0.480 e. The van der Waals surface area contributed by atoms with E-state index in [2.05, 4.69) is 10.2 Å². The zero-order valence-corrected chi connectivity index (χ0v) is 12.1. The molecule has 6 heteroatoms. The fraction of sp³-hybridized carbons (Fsp3) is 0.846. The molecule has 0 aliphatic carbocycles. The summed E-state index contributed by atoms with van der Waals surface area (Å²) < 4.78 is 0. The van der Waals surface area contributed by atoms with Crippen LogP contribution < -0.4 is 5.32 Å². The molecule has 0 aromatic rings. The summed E-state index contributed by atoms with van der Waals surface area (Å²) in [6.07, 6.45) is 3.24. The minimum Gasteiger partial charge on any atom is -0.480 e. The highest BCUT2D eigenvalue weighted by Gasteiger charge is 2.27. The van der Waals surface area contributed by atoms with E-state index >= 15 is 0 Å². The number of hydrogen-bond donors (Lipinski definition) is 2. The van der Waals surface area contributed by atoms with Crippen molar-refractivity contribution in [3.63, 3.8) is 0 Å². The van der Waals surface area contributed by atoms with Crippen molar-refractivity contribution in [1.82, 2.24) is 15.1 Å². The number of hydrogen-bond acceptors (Lipinski definition) is 3. The number of nitrogens with zero attached hydrogens (tertiary/aromatic N) is 2. The summed E-state index contributed by atoms with van der Waals surface area (Å²) in [5, 5.41) is 11.7. The predicted octanol–water partition coefficient (Wildman–Crippen LogP) is 0.975. The van der Waals surface area contributed by atoms with Crippen molar-refractivity contribution in [2.75, 3.05) is 27.2 Å². The lowest BCUT2D eigenvalue weighted by Gasteiger charge is -2.36. The van der Waals surface area contributed by atoms with Crippen molar-refractivity contribution >= 4 is 12.0 Å². The molecule has 2 amide bonds. The fourth-order valence-electron chi connectivity index (χ4n) is 2.35. The minimum atomic E-state index is -0.962. The van der Waals surface area contributed by atoms with Gasteiger partial charge >= 0.3 is 12.0 Å². The molecule has 6 nitrogen and oxygen atoms in total. The quantitative estimate of drug-likeness (QED) is 0.781. The number of likely N-dealkylation sites (N-methyl/N-ethyl adjacent to an activating group) is 1. The summed E-state index contributed by atoms with van der Waals surface area (Å²) in [5.41, 5.74) is 0. The molecule has 1 aliphatic heterocycles. The summed E-state index contributed by atoms with van der Waals surface area (Å²) in [6.45, 7) is 3.27. The van der Waals surface area contributed by atoms with Crippen LogP contribution in [0, 0.1) is 0 Å². The van der Waals surface area contributed by atoms with E-state index in [1.54, 1.807) is 4.90 Å². The Kier molecular flexibility index (Phi) is 6.08. The van der Waals surface area contributed by atoms with Crippen molar-refractivity contribution in [1.29, 1.82) is 0 Å². The van der Waals surface area contributed by atoms with Crippen molar-refractivity contribution < 1.29 is 14.7 Å². The standard InChI is InChI=1S/C13H25N3O3/c1-4-6-11(12(17)18)14-13(19)16-8-5-7-10(9-16)15(2)3/h10-11H,4-9H2,1-3H3,(H,14,19)(H,17,18)/t10?,11-/m0/s1. The van der Waals surface area contributed by atoms with Gasteiger partial charge in [0.15, 0.2) is 0 Å². The maximum atomic E-state index is 12.1. The lowest BCUT2D eigenvalue weighted by molar-refractivity contribution is -0.139. The van der Waals surface area contributed by atoms with Gasteiger partial charge in [0.05, 0.1) is 0 Å². The molecule has 1 rings (SSSR count). The number of nitrogens with one attached hydrogen (secondary N) is 1. The molecule has 1 unspecified atom stereocenters. The average molecular weight is 271 g/mol. The molecule has 1 aliphatic rings. The molecule has 0 bridgehead atoms. The van der Waals surface area contributed by atoms with Gasteiger partial charge in [-0.1, -0.05) is 13.3 Å². The SMILES string of the molecule is CCC[C@H](NC(=O)N1CCCC(N(C)C)C1)C(=O)O. The minimum absolute atomic E-state index is 0.257. The van der Waals surface area contributed by atoms with E-state index in [1.165, 1.54) is 0 Å². The summed E-state index contributed by atoms with van der Waals surface area (Å²) >= 11 is 0. The second kappa shape index (κ2) is 7.33. The predicted molar refractivity (Wildman–Crippen MR) is 73.1 cm³/mol. The van der Waals surface area contributed by atoms with Crippen molar-refractivity contribution in [3.05, 3.63) is 0 Å². The van der Waals surface area contributed by atoms with Crippen LogP contribution in [-0.4, -0.2) is 66.2 Å². The summed E-state index contributed by atoms with van der Waals surface area (Å²) in [6, 6.07) is -0.682. The first-order valence-electron chi connectivity index (χ1n) is 6.90. The van der Waals surface area contributed by atoms with Gasteiger partial charge in [-0.15, -0.1) is 0 Å². The van der Waals surface area contributed by atoms with Crippen LogP contribution >= 0.6 is 0 Å². The van der Waals surface area contributed by atoms with E-state index in [4.69, 9.17) is 5.11 Å². The fourth-order valence-corrected chi connectivity index (χ4v) is 2.35. The van der Waals surface area contributed by atoms with Crippen LogP contribution in [0.15, 0.2) is 0 Å². The second-order valence-corrected chi connectivity index (χ2v) is 5.33. The number of rotatable bonds is 5.